The molecule has 0 aliphatic carbocycles. The van der Waals surface area contributed by atoms with E-state index in [1.165, 1.54) is 0 Å². The molecule has 14 heteroatoms. The van der Waals surface area contributed by atoms with Crippen molar-refractivity contribution in [3.05, 3.63) is 35.9 Å². The molecule has 13 nitrogen and oxygen atoms in total. The van der Waals surface area contributed by atoms with Crippen LogP contribution in [0.3, 0.4) is 0 Å². The van der Waals surface area contributed by atoms with Gasteiger partial charge >= 0.3 is 17.9 Å². The second kappa shape index (κ2) is 15.4. The lowest BCUT2D eigenvalue weighted by Gasteiger charge is -2.25. The first-order valence-corrected chi connectivity index (χ1v) is 11.6. The number of hydrogen-bond donors (Lipinski definition) is 8. The van der Waals surface area contributed by atoms with Gasteiger partial charge in [-0.15, -0.1) is 0 Å². The number of nitrogens with one attached hydrogen (secondary N) is 3. The molecule has 198 valence electrons. The molecule has 0 heterocycles. The highest BCUT2D eigenvalue weighted by Crippen LogP contribution is 2.07. The van der Waals surface area contributed by atoms with E-state index in [1.807, 2.05) is 0 Å². The minimum Gasteiger partial charge on any atom is -0.481 e. The van der Waals surface area contributed by atoms with Crippen molar-refractivity contribution >= 4 is 48.3 Å². The lowest BCUT2D eigenvalue weighted by atomic mass is 10.0. The van der Waals surface area contributed by atoms with Gasteiger partial charge in [0.25, 0.3) is 0 Å². The van der Waals surface area contributed by atoms with Gasteiger partial charge < -0.3 is 37.0 Å². The van der Waals surface area contributed by atoms with Crippen molar-refractivity contribution < 1.29 is 44.1 Å². The van der Waals surface area contributed by atoms with Crippen molar-refractivity contribution in [1.82, 2.24) is 16.0 Å². The number of carboxylic acids is 3. The van der Waals surface area contributed by atoms with Crippen molar-refractivity contribution in [2.24, 2.45) is 5.73 Å². The van der Waals surface area contributed by atoms with Gasteiger partial charge in [0.2, 0.25) is 17.7 Å². The molecule has 0 aliphatic heterocycles. The summed E-state index contributed by atoms with van der Waals surface area (Å²) in [5.41, 5.74) is 6.31. The fourth-order valence-corrected chi connectivity index (χ4v) is 3.26. The summed E-state index contributed by atoms with van der Waals surface area (Å²) in [6.07, 6.45) is -1.48. The molecule has 4 atom stereocenters. The van der Waals surface area contributed by atoms with E-state index in [-0.39, 0.29) is 25.0 Å². The van der Waals surface area contributed by atoms with Gasteiger partial charge in [-0.25, -0.2) is 4.79 Å². The van der Waals surface area contributed by atoms with Crippen LogP contribution in [0.4, 0.5) is 0 Å². The Bertz CT molecular complexity index is 945. The molecule has 3 amide bonds. The second-order valence-electron chi connectivity index (χ2n) is 7.87. The number of amides is 3. The van der Waals surface area contributed by atoms with E-state index in [1.54, 1.807) is 30.3 Å². The molecule has 0 radical (unpaired) electrons. The van der Waals surface area contributed by atoms with Crippen LogP contribution in [0.25, 0.3) is 0 Å². The van der Waals surface area contributed by atoms with Crippen LogP contribution in [0.5, 0.6) is 0 Å². The van der Waals surface area contributed by atoms with E-state index in [0.29, 0.717) is 5.56 Å². The SMILES string of the molecule is NC(CCC(=O)O)C(=O)NC(CCC(=O)O)C(=O)NC(Cc1ccccc1)C(=O)NC(CS)C(=O)O. The average molecular weight is 527 g/mol. The lowest BCUT2D eigenvalue weighted by molar-refractivity contribution is -0.141. The summed E-state index contributed by atoms with van der Waals surface area (Å²) in [5, 5.41) is 34.0. The van der Waals surface area contributed by atoms with E-state index in [4.69, 9.17) is 15.9 Å². The second-order valence-corrected chi connectivity index (χ2v) is 8.23. The smallest absolute Gasteiger partial charge is 0.327 e. The van der Waals surface area contributed by atoms with E-state index in [2.05, 4.69) is 28.6 Å². The van der Waals surface area contributed by atoms with Crippen molar-refractivity contribution in [3.8, 4) is 0 Å². The molecule has 1 rings (SSSR count). The quantitative estimate of drug-likeness (QED) is 0.119. The zero-order valence-electron chi connectivity index (χ0n) is 19.3. The van der Waals surface area contributed by atoms with E-state index < -0.39 is 72.6 Å². The highest BCUT2D eigenvalue weighted by atomic mass is 32.1. The Hall–Kier alpha value is -3.65. The van der Waals surface area contributed by atoms with Gasteiger partial charge in [0, 0.05) is 25.0 Å². The van der Waals surface area contributed by atoms with Gasteiger partial charge in [0.15, 0.2) is 0 Å². The lowest BCUT2D eigenvalue weighted by Crippen LogP contribution is -2.58. The van der Waals surface area contributed by atoms with Crippen LogP contribution in [0.2, 0.25) is 0 Å². The number of carbonyl (C=O) groups excluding carboxylic acids is 3. The van der Waals surface area contributed by atoms with Crippen molar-refractivity contribution in [1.29, 1.82) is 0 Å². The summed E-state index contributed by atoms with van der Waals surface area (Å²) in [6, 6.07) is 3.24. The molecule has 0 aromatic heterocycles. The first-order valence-electron chi connectivity index (χ1n) is 10.9. The predicted octanol–water partition coefficient (Wildman–Crippen LogP) is -1.25. The number of hydrogen-bond acceptors (Lipinski definition) is 8. The summed E-state index contributed by atoms with van der Waals surface area (Å²) in [5.74, 6) is -6.54. The molecule has 1 aromatic rings. The topological polar surface area (TPSA) is 225 Å². The molecule has 0 aliphatic rings. The molecule has 0 saturated carbocycles. The normalized spacial score (nSPS) is 13.9. The van der Waals surface area contributed by atoms with Gasteiger partial charge in [-0.05, 0) is 18.4 Å². The van der Waals surface area contributed by atoms with Crippen LogP contribution in [-0.4, -0.2) is 80.9 Å². The van der Waals surface area contributed by atoms with Crippen molar-refractivity contribution in [2.45, 2.75) is 56.3 Å². The molecule has 8 N–H and O–H groups in total. The summed E-state index contributed by atoms with van der Waals surface area (Å²) in [6.45, 7) is 0. The average Bonchev–Trinajstić information content (AvgIpc) is 2.82. The maximum atomic E-state index is 13.0. The third kappa shape index (κ3) is 11.2. The molecule has 0 saturated heterocycles. The summed E-state index contributed by atoms with van der Waals surface area (Å²) < 4.78 is 0. The van der Waals surface area contributed by atoms with Gasteiger partial charge in [0.05, 0.1) is 6.04 Å². The minimum atomic E-state index is -1.41. The fraction of sp³-hybridized carbons (Fsp3) is 0.455. The first kappa shape index (κ1) is 30.4. The number of benzene rings is 1. The molecule has 1 aromatic carbocycles. The van der Waals surface area contributed by atoms with Gasteiger partial charge in [-0.2, -0.15) is 12.6 Å². The number of thiol groups is 1. The molecule has 4 unspecified atom stereocenters. The Labute approximate surface area is 212 Å². The van der Waals surface area contributed by atoms with Gasteiger partial charge in [-0.1, -0.05) is 30.3 Å². The Morgan fingerprint density at radius 2 is 1.25 bits per heavy atom. The Morgan fingerprint density at radius 1 is 0.750 bits per heavy atom. The molecule has 0 spiro atoms. The molecular formula is C22H30N4O9S. The Balaban J connectivity index is 3.08. The van der Waals surface area contributed by atoms with Crippen LogP contribution < -0.4 is 21.7 Å². The number of rotatable bonds is 16. The van der Waals surface area contributed by atoms with E-state index in [0.717, 1.165) is 0 Å². The van der Waals surface area contributed by atoms with Crippen molar-refractivity contribution in [3.63, 3.8) is 0 Å². The Kier molecular flexibility index (Phi) is 13.0. The van der Waals surface area contributed by atoms with Crippen molar-refractivity contribution in [2.75, 3.05) is 5.75 Å². The monoisotopic (exact) mass is 526 g/mol. The zero-order valence-corrected chi connectivity index (χ0v) is 20.1. The van der Waals surface area contributed by atoms with Gasteiger partial charge in [-0.3, -0.25) is 24.0 Å². The third-order valence-electron chi connectivity index (χ3n) is 5.00. The van der Waals surface area contributed by atoms with Crippen LogP contribution in [-0.2, 0) is 35.2 Å². The molecule has 0 fully saturated rings. The predicted molar refractivity (Wildman–Crippen MR) is 129 cm³/mol. The van der Waals surface area contributed by atoms with Crippen LogP contribution >= 0.6 is 12.6 Å². The maximum absolute atomic E-state index is 13.0. The summed E-state index contributed by atoms with van der Waals surface area (Å²) in [7, 11) is 0. The number of nitrogens with two attached hydrogens (primary N) is 1. The maximum Gasteiger partial charge on any atom is 0.327 e. The largest absolute Gasteiger partial charge is 0.481 e. The highest BCUT2D eigenvalue weighted by molar-refractivity contribution is 7.80. The first-order chi connectivity index (χ1) is 16.9. The Morgan fingerprint density at radius 3 is 1.78 bits per heavy atom. The third-order valence-corrected chi connectivity index (χ3v) is 5.36. The van der Waals surface area contributed by atoms with Gasteiger partial charge in [0.1, 0.15) is 18.1 Å². The standard InChI is InChI=1S/C22H30N4O9S/c23-13(6-8-17(27)28)19(31)24-14(7-9-18(29)30)20(32)25-15(10-12-4-2-1-3-5-12)21(33)26-16(11-36)22(34)35/h1-5,13-16,36H,6-11,23H2,(H,24,31)(H,25,32)(H,26,33)(H,27,28)(H,29,30)(H,34,35). The summed E-state index contributed by atoms with van der Waals surface area (Å²) >= 11 is 3.90. The minimum absolute atomic E-state index is 0.0327. The molecule has 0 bridgehead atoms. The highest BCUT2D eigenvalue weighted by Gasteiger charge is 2.30. The summed E-state index contributed by atoms with van der Waals surface area (Å²) in [4.78, 5) is 71.3. The van der Waals surface area contributed by atoms with Crippen LogP contribution in [0, 0.1) is 0 Å². The number of carbonyl (C=O) groups is 6. The fourth-order valence-electron chi connectivity index (χ4n) is 3.01. The van der Waals surface area contributed by atoms with Crippen LogP contribution in [0.1, 0.15) is 31.2 Å². The van der Waals surface area contributed by atoms with E-state index >= 15 is 0 Å². The zero-order chi connectivity index (χ0) is 27.3. The van der Waals surface area contributed by atoms with E-state index in [9.17, 15) is 33.9 Å². The van der Waals surface area contributed by atoms with Crippen LogP contribution in [0.15, 0.2) is 30.3 Å². The number of carboxylic acid groups (broad SMARTS) is 3. The number of aliphatic carboxylic acids is 3. The molecular weight excluding hydrogens is 496 g/mol. The molecule has 36 heavy (non-hydrogen) atoms.